The maximum absolute atomic E-state index is 12.2. The lowest BCUT2D eigenvalue weighted by Gasteiger charge is -2.15. The number of fused-ring (bicyclic) bond motifs is 1. The van der Waals surface area contributed by atoms with Crippen LogP contribution in [-0.4, -0.2) is 35.4 Å². The van der Waals surface area contributed by atoms with Crippen molar-refractivity contribution in [1.82, 2.24) is 4.90 Å². The molecule has 1 amide bonds. The second-order valence-corrected chi connectivity index (χ2v) is 7.40. The van der Waals surface area contributed by atoms with Crippen molar-refractivity contribution in [3.8, 4) is 0 Å². The van der Waals surface area contributed by atoms with Crippen molar-refractivity contribution in [3.63, 3.8) is 0 Å². The average molecular weight is 297 g/mol. The van der Waals surface area contributed by atoms with Gasteiger partial charge in [0.05, 0.1) is 17.2 Å². The van der Waals surface area contributed by atoms with Gasteiger partial charge in [0.2, 0.25) is 0 Å². The second-order valence-electron chi connectivity index (χ2n) is 5.37. The minimum atomic E-state index is -3.32. The summed E-state index contributed by atoms with van der Waals surface area (Å²) in [5, 5.41) is 18.8. The molecule has 2 N–H and O–H groups in total. The number of rotatable bonds is 3. The first kappa shape index (κ1) is 13.4. The van der Waals surface area contributed by atoms with Crippen LogP contribution < -0.4 is 0 Å². The molecular formula is C13H15NO5S. The minimum absolute atomic E-state index is 0.0125. The Labute approximate surface area is 116 Å². The molecule has 1 aliphatic heterocycles. The largest absolute Gasteiger partial charge is 0.465 e. The van der Waals surface area contributed by atoms with E-state index in [9.17, 15) is 18.3 Å². The van der Waals surface area contributed by atoms with E-state index in [1.54, 1.807) is 0 Å². The van der Waals surface area contributed by atoms with Gasteiger partial charge in [0.25, 0.3) is 0 Å². The number of carboxylic acid groups (broad SMARTS) is 1. The molecule has 1 atom stereocenters. The molecule has 1 unspecified atom stereocenters. The van der Waals surface area contributed by atoms with Gasteiger partial charge in [-0.25, -0.2) is 13.2 Å². The molecule has 1 saturated carbocycles. The first-order valence-corrected chi connectivity index (χ1v) is 8.07. The molecule has 0 radical (unpaired) electrons. The number of benzene rings is 1. The summed E-state index contributed by atoms with van der Waals surface area (Å²) in [6.45, 7) is 0.0125. The molecule has 1 aromatic rings. The van der Waals surface area contributed by atoms with Crippen LogP contribution in [-0.2, 0) is 16.4 Å². The van der Waals surface area contributed by atoms with Crippen LogP contribution in [0.5, 0.6) is 0 Å². The molecule has 6 nitrogen and oxygen atoms in total. The number of amides is 1. The van der Waals surface area contributed by atoms with Crippen molar-refractivity contribution in [3.05, 3.63) is 29.3 Å². The second kappa shape index (κ2) is 4.46. The van der Waals surface area contributed by atoms with Gasteiger partial charge >= 0.3 is 6.09 Å². The summed E-state index contributed by atoms with van der Waals surface area (Å²) >= 11 is 0. The number of aliphatic hydroxyl groups excluding tert-OH is 1. The van der Waals surface area contributed by atoms with E-state index in [0.29, 0.717) is 11.1 Å². The normalized spacial score (nSPS) is 21.9. The van der Waals surface area contributed by atoms with Crippen LogP contribution in [0, 0.1) is 5.92 Å². The van der Waals surface area contributed by atoms with E-state index in [-0.39, 0.29) is 23.1 Å². The molecule has 7 heteroatoms. The highest BCUT2D eigenvalue weighted by atomic mass is 32.2. The molecule has 0 spiro atoms. The third-order valence-electron chi connectivity index (χ3n) is 3.79. The number of nitrogens with zero attached hydrogens (tertiary/aromatic N) is 1. The first-order valence-electron chi connectivity index (χ1n) is 6.42. The van der Waals surface area contributed by atoms with Crippen molar-refractivity contribution >= 4 is 15.9 Å². The summed E-state index contributed by atoms with van der Waals surface area (Å²) < 4.78 is 24.4. The number of sulfone groups is 1. The number of hydrogen-bond donors (Lipinski definition) is 2. The Hall–Kier alpha value is -1.60. The first-order chi connectivity index (χ1) is 9.38. The minimum Gasteiger partial charge on any atom is -0.465 e. The van der Waals surface area contributed by atoms with Crippen LogP contribution in [0.2, 0.25) is 0 Å². The lowest BCUT2D eigenvalue weighted by atomic mass is 10.1. The zero-order valence-electron chi connectivity index (χ0n) is 10.7. The molecular weight excluding hydrogens is 282 g/mol. The third kappa shape index (κ3) is 2.27. The molecule has 0 aromatic heterocycles. The van der Waals surface area contributed by atoms with Gasteiger partial charge in [-0.1, -0.05) is 6.07 Å². The fourth-order valence-corrected chi connectivity index (χ4v) is 4.21. The molecule has 1 heterocycles. The van der Waals surface area contributed by atoms with Gasteiger partial charge in [0.15, 0.2) is 16.1 Å². The predicted molar refractivity (Wildman–Crippen MR) is 69.7 cm³/mol. The Morgan fingerprint density at radius 1 is 1.35 bits per heavy atom. The van der Waals surface area contributed by atoms with Gasteiger partial charge in [-0.05, 0) is 36.5 Å². The van der Waals surface area contributed by atoms with E-state index in [2.05, 4.69) is 0 Å². The molecule has 1 aliphatic carbocycles. The molecule has 2 aliphatic rings. The maximum atomic E-state index is 12.2. The fraction of sp³-hybridized carbons (Fsp3) is 0.462. The van der Waals surface area contributed by atoms with Gasteiger partial charge in [0, 0.05) is 5.56 Å². The van der Waals surface area contributed by atoms with Gasteiger partial charge in [-0.2, -0.15) is 0 Å². The standard InChI is InChI=1S/C13H15NO5S/c15-12-11-4-3-10(20(18,19)7-8-1-2-8)5-9(11)6-14(12)13(16)17/h3-5,8,12,15H,1-2,6-7H2,(H,16,17). The smallest absolute Gasteiger partial charge is 0.409 e. The van der Waals surface area contributed by atoms with E-state index < -0.39 is 22.2 Å². The van der Waals surface area contributed by atoms with Crippen LogP contribution in [0.25, 0.3) is 0 Å². The van der Waals surface area contributed by atoms with E-state index in [1.165, 1.54) is 18.2 Å². The Kier molecular flexibility index (Phi) is 2.98. The van der Waals surface area contributed by atoms with Crippen molar-refractivity contribution in [2.75, 3.05) is 5.75 Å². The summed E-state index contributed by atoms with van der Waals surface area (Å²) in [7, 11) is -3.32. The van der Waals surface area contributed by atoms with E-state index in [1.807, 2.05) is 0 Å². The Bertz CT molecular complexity index is 665. The topological polar surface area (TPSA) is 94.9 Å². The van der Waals surface area contributed by atoms with Crippen molar-refractivity contribution < 1.29 is 23.4 Å². The van der Waals surface area contributed by atoms with Gasteiger partial charge < -0.3 is 10.2 Å². The van der Waals surface area contributed by atoms with Crippen molar-refractivity contribution in [2.24, 2.45) is 5.92 Å². The van der Waals surface area contributed by atoms with Crippen molar-refractivity contribution in [1.29, 1.82) is 0 Å². The zero-order valence-corrected chi connectivity index (χ0v) is 11.5. The fourth-order valence-electron chi connectivity index (χ4n) is 2.47. The van der Waals surface area contributed by atoms with Crippen LogP contribution in [0.1, 0.15) is 30.2 Å². The molecule has 108 valence electrons. The van der Waals surface area contributed by atoms with Crippen LogP contribution in [0.15, 0.2) is 23.1 Å². The predicted octanol–water partition coefficient (Wildman–Crippen LogP) is 1.35. The summed E-state index contributed by atoms with van der Waals surface area (Å²) in [6.07, 6.45) is -0.537. The maximum Gasteiger partial charge on any atom is 0.409 e. The monoisotopic (exact) mass is 297 g/mol. The molecule has 0 saturated heterocycles. The SMILES string of the molecule is O=C(O)N1Cc2cc(S(=O)(=O)CC3CC3)ccc2C1O. The lowest BCUT2D eigenvalue weighted by Crippen LogP contribution is -2.27. The highest BCUT2D eigenvalue weighted by Gasteiger charge is 2.34. The molecule has 3 rings (SSSR count). The summed E-state index contributed by atoms with van der Waals surface area (Å²) in [4.78, 5) is 12.1. The van der Waals surface area contributed by atoms with E-state index in [0.717, 1.165) is 17.7 Å². The van der Waals surface area contributed by atoms with E-state index >= 15 is 0 Å². The lowest BCUT2D eigenvalue weighted by molar-refractivity contribution is 0.0210. The summed E-state index contributed by atoms with van der Waals surface area (Å²) in [5.41, 5.74) is 1.01. The summed E-state index contributed by atoms with van der Waals surface area (Å²) in [5.74, 6) is 0.408. The molecule has 1 aromatic carbocycles. The summed E-state index contributed by atoms with van der Waals surface area (Å²) in [6, 6.07) is 4.44. The van der Waals surface area contributed by atoms with Crippen LogP contribution >= 0.6 is 0 Å². The molecule has 20 heavy (non-hydrogen) atoms. The molecule has 1 fully saturated rings. The third-order valence-corrected chi connectivity index (χ3v) is 5.67. The highest BCUT2D eigenvalue weighted by Crippen LogP contribution is 2.35. The van der Waals surface area contributed by atoms with Gasteiger partial charge in [0.1, 0.15) is 0 Å². The highest BCUT2D eigenvalue weighted by molar-refractivity contribution is 7.91. The average Bonchev–Trinajstić information content (AvgIpc) is 3.11. The van der Waals surface area contributed by atoms with Gasteiger partial charge in [-0.15, -0.1) is 0 Å². The van der Waals surface area contributed by atoms with Crippen LogP contribution in [0.4, 0.5) is 4.79 Å². The van der Waals surface area contributed by atoms with Crippen LogP contribution in [0.3, 0.4) is 0 Å². The van der Waals surface area contributed by atoms with Crippen molar-refractivity contribution in [2.45, 2.75) is 30.5 Å². The molecule has 0 bridgehead atoms. The Balaban J connectivity index is 1.92. The zero-order chi connectivity index (χ0) is 14.5. The Morgan fingerprint density at radius 3 is 2.65 bits per heavy atom. The van der Waals surface area contributed by atoms with Gasteiger partial charge in [-0.3, -0.25) is 4.90 Å². The Morgan fingerprint density at radius 2 is 2.05 bits per heavy atom. The number of carbonyl (C=O) groups is 1. The number of aliphatic hydroxyl groups is 1. The quantitative estimate of drug-likeness (QED) is 0.878. The van der Waals surface area contributed by atoms with E-state index in [4.69, 9.17) is 5.11 Å². The number of hydrogen-bond acceptors (Lipinski definition) is 4.